The molecule has 0 aromatic heterocycles. The quantitative estimate of drug-likeness (QED) is 0.728. The van der Waals surface area contributed by atoms with Crippen molar-refractivity contribution in [1.29, 1.82) is 0 Å². The van der Waals surface area contributed by atoms with Gasteiger partial charge in [-0.25, -0.2) is 0 Å². The van der Waals surface area contributed by atoms with Gasteiger partial charge in [0.05, 0.1) is 0 Å². The summed E-state index contributed by atoms with van der Waals surface area (Å²) in [4.78, 5) is 0. The molecule has 1 rings (SSSR count). The van der Waals surface area contributed by atoms with Crippen LogP contribution in [0.15, 0.2) is 66.8 Å². The molecule has 1 aromatic carbocycles. The molecule has 1 N–H and O–H groups in total. The fourth-order valence-electron chi connectivity index (χ4n) is 1.66. The molecule has 90 valence electrons. The van der Waals surface area contributed by atoms with Gasteiger partial charge in [0.15, 0.2) is 0 Å². The maximum absolute atomic E-state index is 3.75. The molecule has 0 aliphatic rings. The van der Waals surface area contributed by atoms with E-state index in [9.17, 15) is 0 Å². The standard InChI is InChI=1S/C16H21N/c1-4-9-16(10-5-2)14(3)17-13-15-11-7-6-8-12-15/h4-12,14,17H,1,13H2,2-3H3/b10-5-,16-9+/t14-/m1/s1. The summed E-state index contributed by atoms with van der Waals surface area (Å²) in [6.45, 7) is 8.82. The van der Waals surface area contributed by atoms with Crippen molar-refractivity contribution in [2.45, 2.75) is 26.4 Å². The van der Waals surface area contributed by atoms with E-state index in [4.69, 9.17) is 0 Å². The van der Waals surface area contributed by atoms with E-state index in [0.29, 0.717) is 6.04 Å². The van der Waals surface area contributed by atoms with E-state index in [-0.39, 0.29) is 0 Å². The first-order chi connectivity index (χ1) is 8.27. The number of benzene rings is 1. The van der Waals surface area contributed by atoms with Gasteiger partial charge in [-0.1, -0.05) is 61.2 Å². The molecule has 0 aliphatic carbocycles. The zero-order chi connectivity index (χ0) is 12.5. The average molecular weight is 227 g/mol. The molecular formula is C16H21N. The normalized spacial score (nSPS) is 13.9. The Morgan fingerprint density at radius 2 is 2.06 bits per heavy atom. The zero-order valence-corrected chi connectivity index (χ0v) is 10.7. The molecule has 0 spiro atoms. The summed E-state index contributed by atoms with van der Waals surface area (Å²) in [7, 11) is 0. The highest BCUT2D eigenvalue weighted by atomic mass is 14.9. The van der Waals surface area contributed by atoms with Crippen molar-refractivity contribution in [2.24, 2.45) is 0 Å². The molecule has 0 saturated carbocycles. The van der Waals surface area contributed by atoms with Crippen molar-refractivity contribution >= 4 is 0 Å². The second-order valence-electron chi connectivity index (χ2n) is 3.99. The highest BCUT2D eigenvalue weighted by Crippen LogP contribution is 2.06. The molecule has 0 saturated heterocycles. The van der Waals surface area contributed by atoms with Crippen LogP contribution in [0.25, 0.3) is 0 Å². The van der Waals surface area contributed by atoms with Gasteiger partial charge >= 0.3 is 0 Å². The predicted molar refractivity (Wildman–Crippen MR) is 75.8 cm³/mol. The molecule has 0 unspecified atom stereocenters. The lowest BCUT2D eigenvalue weighted by Gasteiger charge is -2.15. The van der Waals surface area contributed by atoms with Gasteiger partial charge in [0, 0.05) is 12.6 Å². The summed E-state index contributed by atoms with van der Waals surface area (Å²) in [5.74, 6) is 0. The first-order valence-electron chi connectivity index (χ1n) is 6.00. The van der Waals surface area contributed by atoms with Crippen LogP contribution < -0.4 is 5.32 Å². The molecule has 0 aliphatic heterocycles. The van der Waals surface area contributed by atoms with E-state index < -0.39 is 0 Å². The minimum atomic E-state index is 0.324. The summed E-state index contributed by atoms with van der Waals surface area (Å²) < 4.78 is 0. The molecule has 17 heavy (non-hydrogen) atoms. The lowest BCUT2D eigenvalue weighted by molar-refractivity contribution is 0.617. The third-order valence-electron chi connectivity index (χ3n) is 2.62. The van der Waals surface area contributed by atoms with Crippen LogP contribution in [0.5, 0.6) is 0 Å². The number of allylic oxidation sites excluding steroid dienone is 3. The molecule has 0 amide bonds. The number of nitrogens with one attached hydrogen (secondary N) is 1. The third-order valence-corrected chi connectivity index (χ3v) is 2.62. The van der Waals surface area contributed by atoms with Gasteiger partial charge in [-0.15, -0.1) is 0 Å². The summed E-state index contributed by atoms with van der Waals surface area (Å²) in [6, 6.07) is 10.8. The molecule has 1 atom stereocenters. The Hall–Kier alpha value is -1.60. The van der Waals surface area contributed by atoms with Crippen molar-refractivity contribution in [3.63, 3.8) is 0 Å². The van der Waals surface area contributed by atoms with Crippen LogP contribution >= 0.6 is 0 Å². The Morgan fingerprint density at radius 1 is 1.35 bits per heavy atom. The minimum absolute atomic E-state index is 0.324. The van der Waals surface area contributed by atoms with Crippen molar-refractivity contribution in [2.75, 3.05) is 0 Å². The maximum Gasteiger partial charge on any atom is 0.0294 e. The maximum atomic E-state index is 3.75. The Morgan fingerprint density at radius 3 is 2.65 bits per heavy atom. The first kappa shape index (κ1) is 13.5. The van der Waals surface area contributed by atoms with Crippen LogP contribution in [-0.2, 0) is 6.54 Å². The van der Waals surface area contributed by atoms with E-state index in [2.05, 4.69) is 55.2 Å². The van der Waals surface area contributed by atoms with Gasteiger partial charge < -0.3 is 5.32 Å². The smallest absolute Gasteiger partial charge is 0.0294 e. The lowest BCUT2D eigenvalue weighted by atomic mass is 10.1. The summed E-state index contributed by atoms with van der Waals surface area (Å²) in [6.07, 6.45) is 8.04. The molecule has 0 fully saturated rings. The second kappa shape index (κ2) is 7.64. The molecule has 0 bridgehead atoms. The van der Waals surface area contributed by atoms with Crippen LogP contribution in [0, 0.1) is 0 Å². The Balaban J connectivity index is 2.56. The minimum Gasteiger partial charge on any atom is -0.306 e. The van der Waals surface area contributed by atoms with Gasteiger partial charge in [0.1, 0.15) is 0 Å². The van der Waals surface area contributed by atoms with Crippen molar-refractivity contribution in [3.05, 3.63) is 72.4 Å². The van der Waals surface area contributed by atoms with Gasteiger partial charge in [0.2, 0.25) is 0 Å². The summed E-state index contributed by atoms with van der Waals surface area (Å²) in [5, 5.41) is 3.50. The molecule has 1 aromatic rings. The molecule has 0 radical (unpaired) electrons. The average Bonchev–Trinajstić information content (AvgIpc) is 2.37. The zero-order valence-electron chi connectivity index (χ0n) is 10.7. The molecule has 1 heteroatoms. The van der Waals surface area contributed by atoms with Gasteiger partial charge in [-0.05, 0) is 25.0 Å². The van der Waals surface area contributed by atoms with E-state index in [0.717, 1.165) is 6.54 Å². The highest BCUT2D eigenvalue weighted by Gasteiger charge is 2.04. The largest absolute Gasteiger partial charge is 0.306 e. The van der Waals surface area contributed by atoms with Crippen LogP contribution in [0.2, 0.25) is 0 Å². The molecule has 1 nitrogen and oxygen atoms in total. The fourth-order valence-corrected chi connectivity index (χ4v) is 1.66. The second-order valence-corrected chi connectivity index (χ2v) is 3.99. The predicted octanol–water partition coefficient (Wildman–Crippen LogP) is 3.85. The van der Waals surface area contributed by atoms with Crippen LogP contribution in [0.3, 0.4) is 0 Å². The SMILES string of the molecule is C=C/C=C(\C=C/C)[C@@H](C)NCc1ccccc1. The Bertz CT molecular complexity index is 387. The highest BCUT2D eigenvalue weighted by molar-refractivity contribution is 5.27. The molecule has 0 heterocycles. The topological polar surface area (TPSA) is 12.0 Å². The van der Waals surface area contributed by atoms with Crippen LogP contribution in [0.1, 0.15) is 19.4 Å². The third kappa shape index (κ3) is 4.83. The summed E-state index contributed by atoms with van der Waals surface area (Å²) in [5.41, 5.74) is 2.55. The van der Waals surface area contributed by atoms with E-state index in [1.54, 1.807) is 0 Å². The summed E-state index contributed by atoms with van der Waals surface area (Å²) >= 11 is 0. The van der Waals surface area contributed by atoms with Gasteiger partial charge in [-0.2, -0.15) is 0 Å². The molecular weight excluding hydrogens is 206 g/mol. The van der Waals surface area contributed by atoms with E-state index >= 15 is 0 Å². The van der Waals surface area contributed by atoms with E-state index in [1.165, 1.54) is 11.1 Å². The van der Waals surface area contributed by atoms with Gasteiger partial charge in [0.25, 0.3) is 0 Å². The van der Waals surface area contributed by atoms with Crippen LogP contribution in [0.4, 0.5) is 0 Å². The first-order valence-corrected chi connectivity index (χ1v) is 6.00. The van der Waals surface area contributed by atoms with Crippen molar-refractivity contribution < 1.29 is 0 Å². The number of rotatable bonds is 6. The number of hydrogen-bond acceptors (Lipinski definition) is 1. The number of hydrogen-bond donors (Lipinski definition) is 1. The Labute approximate surface area is 105 Å². The van der Waals surface area contributed by atoms with E-state index in [1.807, 2.05) is 25.1 Å². The van der Waals surface area contributed by atoms with Crippen LogP contribution in [-0.4, -0.2) is 6.04 Å². The van der Waals surface area contributed by atoms with Crippen molar-refractivity contribution in [1.82, 2.24) is 5.32 Å². The van der Waals surface area contributed by atoms with Crippen molar-refractivity contribution in [3.8, 4) is 0 Å². The Kier molecular flexibility index (Phi) is 6.05. The monoisotopic (exact) mass is 227 g/mol. The lowest BCUT2D eigenvalue weighted by Crippen LogP contribution is -2.26. The fraction of sp³-hybridized carbons (Fsp3) is 0.250. The van der Waals surface area contributed by atoms with Gasteiger partial charge in [-0.3, -0.25) is 0 Å².